The van der Waals surface area contributed by atoms with E-state index >= 15 is 0 Å². The zero-order chi connectivity index (χ0) is 17.6. The molecule has 0 aromatic heterocycles. The van der Waals surface area contributed by atoms with E-state index in [-0.39, 0.29) is 17.2 Å². The molecular weight excluding hydrogens is 332 g/mol. The van der Waals surface area contributed by atoms with Crippen LogP contribution in [0.1, 0.15) is 13.3 Å². The van der Waals surface area contributed by atoms with Crippen LogP contribution in [-0.4, -0.2) is 44.2 Å². The van der Waals surface area contributed by atoms with Gasteiger partial charge in [-0.05, 0) is 37.6 Å². The van der Waals surface area contributed by atoms with Gasteiger partial charge in [0.1, 0.15) is 11.8 Å². The van der Waals surface area contributed by atoms with E-state index in [0.717, 1.165) is 0 Å². The summed E-state index contributed by atoms with van der Waals surface area (Å²) < 4.78 is 28.1. The fourth-order valence-electron chi connectivity index (χ4n) is 2.20. The van der Waals surface area contributed by atoms with Crippen molar-refractivity contribution in [2.75, 3.05) is 23.5 Å². The summed E-state index contributed by atoms with van der Waals surface area (Å²) in [6, 6.07) is 8.08. The fraction of sp³-hybridized carbons (Fsp3) is 0.400. The van der Waals surface area contributed by atoms with Gasteiger partial charge in [-0.15, -0.1) is 0 Å². The number of nitriles is 1. The third-order valence-electron chi connectivity index (χ3n) is 3.35. The second-order valence-corrected chi connectivity index (χ2v) is 7.44. The number of sulfone groups is 1. The number of amides is 1. The molecule has 0 spiro atoms. The van der Waals surface area contributed by atoms with Crippen LogP contribution in [0.5, 0.6) is 5.75 Å². The van der Waals surface area contributed by atoms with Crippen LogP contribution in [0.25, 0.3) is 0 Å². The lowest BCUT2D eigenvalue weighted by Crippen LogP contribution is -2.39. The van der Waals surface area contributed by atoms with Crippen LogP contribution < -0.4 is 15.5 Å². The standard InChI is InChI=1S/C15H18N4O4S/c1-2-23-13-5-3-11(4-6-13)18-19-14(9-16)15(20)17-12-7-8-24(21,22)10-12/h3-6,12,18H,2,7-8,10H2,1H3,(H,17,20)/b19-14-/t12-/m1/s1. The summed E-state index contributed by atoms with van der Waals surface area (Å²) in [4.78, 5) is 12.0. The van der Waals surface area contributed by atoms with E-state index < -0.39 is 21.8 Å². The minimum Gasteiger partial charge on any atom is -0.494 e. The van der Waals surface area contributed by atoms with Crippen LogP contribution in [0.4, 0.5) is 5.69 Å². The minimum absolute atomic E-state index is 0.0431. The number of ether oxygens (including phenoxy) is 1. The number of hydrogen-bond donors (Lipinski definition) is 2. The van der Waals surface area contributed by atoms with Gasteiger partial charge in [0, 0.05) is 6.04 Å². The molecule has 1 amide bonds. The molecule has 1 aliphatic heterocycles. The third kappa shape index (κ3) is 4.96. The molecule has 1 atom stereocenters. The molecule has 1 aromatic rings. The van der Waals surface area contributed by atoms with Gasteiger partial charge in [0.15, 0.2) is 9.84 Å². The molecule has 1 heterocycles. The van der Waals surface area contributed by atoms with Crippen molar-refractivity contribution in [1.82, 2.24) is 5.32 Å². The van der Waals surface area contributed by atoms with Gasteiger partial charge >= 0.3 is 0 Å². The van der Waals surface area contributed by atoms with Crippen LogP contribution in [-0.2, 0) is 14.6 Å². The Morgan fingerprint density at radius 1 is 1.42 bits per heavy atom. The van der Waals surface area contributed by atoms with Gasteiger partial charge in [0.25, 0.3) is 5.91 Å². The number of benzene rings is 1. The first-order valence-electron chi connectivity index (χ1n) is 7.41. The predicted octanol–water partition coefficient (Wildman–Crippen LogP) is 0.680. The molecule has 128 valence electrons. The minimum atomic E-state index is -3.10. The normalized spacial score (nSPS) is 19.3. The van der Waals surface area contributed by atoms with Crippen LogP contribution in [0.3, 0.4) is 0 Å². The van der Waals surface area contributed by atoms with Crippen molar-refractivity contribution in [1.29, 1.82) is 5.26 Å². The summed E-state index contributed by atoms with van der Waals surface area (Å²) in [5.41, 5.74) is 2.84. The van der Waals surface area contributed by atoms with Crippen LogP contribution in [0.15, 0.2) is 29.4 Å². The molecule has 1 saturated heterocycles. The molecule has 1 aliphatic rings. The number of rotatable bonds is 6. The Bertz CT molecular complexity index is 766. The number of carbonyl (C=O) groups is 1. The molecule has 0 aliphatic carbocycles. The maximum atomic E-state index is 12.0. The molecule has 8 nitrogen and oxygen atoms in total. The SMILES string of the molecule is CCOc1ccc(N/N=C(/C#N)C(=O)N[C@@H]2CCS(=O)(=O)C2)cc1. The first-order chi connectivity index (χ1) is 11.4. The average Bonchev–Trinajstić information content (AvgIpc) is 2.88. The first kappa shape index (κ1) is 17.7. The van der Waals surface area contributed by atoms with E-state index in [2.05, 4.69) is 15.8 Å². The summed E-state index contributed by atoms with van der Waals surface area (Å²) in [5, 5.41) is 15.3. The van der Waals surface area contributed by atoms with E-state index in [4.69, 9.17) is 10.00 Å². The van der Waals surface area contributed by atoms with Crippen molar-refractivity contribution in [2.24, 2.45) is 5.10 Å². The lowest BCUT2D eigenvalue weighted by Gasteiger charge is -2.09. The monoisotopic (exact) mass is 350 g/mol. The van der Waals surface area contributed by atoms with Crippen LogP contribution >= 0.6 is 0 Å². The van der Waals surface area contributed by atoms with E-state index in [9.17, 15) is 13.2 Å². The van der Waals surface area contributed by atoms with Crippen molar-refractivity contribution in [3.8, 4) is 11.8 Å². The van der Waals surface area contributed by atoms with Gasteiger partial charge in [-0.25, -0.2) is 8.42 Å². The molecule has 2 rings (SSSR count). The number of hydrogen-bond acceptors (Lipinski definition) is 7. The summed E-state index contributed by atoms with van der Waals surface area (Å²) in [6.07, 6.45) is 0.346. The molecule has 24 heavy (non-hydrogen) atoms. The highest BCUT2D eigenvalue weighted by Crippen LogP contribution is 2.15. The second kappa shape index (κ2) is 7.79. The number of nitrogens with one attached hydrogen (secondary N) is 2. The second-order valence-electron chi connectivity index (χ2n) is 5.21. The Labute approximate surface area is 140 Å². The highest BCUT2D eigenvalue weighted by atomic mass is 32.2. The lowest BCUT2D eigenvalue weighted by molar-refractivity contribution is -0.115. The highest BCUT2D eigenvalue weighted by Gasteiger charge is 2.29. The maximum Gasteiger partial charge on any atom is 0.282 e. The Morgan fingerprint density at radius 3 is 2.67 bits per heavy atom. The molecule has 0 radical (unpaired) electrons. The molecule has 1 aromatic carbocycles. The number of carbonyl (C=O) groups excluding carboxylic acids is 1. The molecular formula is C15H18N4O4S. The van der Waals surface area contributed by atoms with Crippen molar-refractivity contribution in [2.45, 2.75) is 19.4 Å². The molecule has 0 unspecified atom stereocenters. The van der Waals surface area contributed by atoms with E-state index in [1.807, 2.05) is 6.92 Å². The Hall–Kier alpha value is -2.60. The molecule has 0 saturated carbocycles. The smallest absolute Gasteiger partial charge is 0.282 e. The lowest BCUT2D eigenvalue weighted by atomic mass is 10.2. The van der Waals surface area contributed by atoms with Crippen LogP contribution in [0, 0.1) is 11.3 Å². The Balaban J connectivity index is 1.96. The van der Waals surface area contributed by atoms with Crippen LogP contribution in [0.2, 0.25) is 0 Å². The molecule has 0 bridgehead atoms. The molecule has 2 N–H and O–H groups in total. The zero-order valence-corrected chi connectivity index (χ0v) is 14.0. The predicted molar refractivity (Wildman–Crippen MR) is 89.5 cm³/mol. The maximum absolute atomic E-state index is 12.0. The fourth-order valence-corrected chi connectivity index (χ4v) is 3.88. The van der Waals surface area contributed by atoms with Gasteiger partial charge in [-0.1, -0.05) is 0 Å². The van der Waals surface area contributed by atoms with Gasteiger partial charge in [-0.2, -0.15) is 10.4 Å². The van der Waals surface area contributed by atoms with Crippen molar-refractivity contribution in [3.63, 3.8) is 0 Å². The Morgan fingerprint density at radius 2 is 2.12 bits per heavy atom. The largest absolute Gasteiger partial charge is 0.494 e. The summed E-state index contributed by atoms with van der Waals surface area (Å²) in [6.45, 7) is 2.43. The van der Waals surface area contributed by atoms with E-state index in [1.165, 1.54) is 0 Å². The quantitative estimate of drug-likeness (QED) is 0.575. The molecule has 9 heteroatoms. The topological polar surface area (TPSA) is 121 Å². The van der Waals surface area contributed by atoms with Gasteiger partial charge in [0.2, 0.25) is 5.71 Å². The first-order valence-corrected chi connectivity index (χ1v) is 9.23. The Kier molecular flexibility index (Phi) is 5.76. The van der Waals surface area contributed by atoms with Crippen molar-refractivity contribution in [3.05, 3.63) is 24.3 Å². The van der Waals surface area contributed by atoms with Gasteiger partial charge in [-0.3, -0.25) is 10.2 Å². The molecule has 1 fully saturated rings. The van der Waals surface area contributed by atoms with Crippen molar-refractivity contribution >= 4 is 27.1 Å². The van der Waals surface area contributed by atoms with E-state index in [1.54, 1.807) is 30.3 Å². The third-order valence-corrected chi connectivity index (χ3v) is 5.12. The van der Waals surface area contributed by atoms with E-state index in [0.29, 0.717) is 24.5 Å². The van der Waals surface area contributed by atoms with Gasteiger partial charge < -0.3 is 10.1 Å². The average molecular weight is 350 g/mol. The summed E-state index contributed by atoms with van der Waals surface area (Å²) in [7, 11) is -3.10. The summed E-state index contributed by atoms with van der Waals surface area (Å²) in [5.74, 6) is -0.0590. The number of anilines is 1. The number of nitrogens with zero attached hydrogens (tertiary/aromatic N) is 2. The number of hydrazone groups is 1. The zero-order valence-electron chi connectivity index (χ0n) is 13.2. The highest BCUT2D eigenvalue weighted by molar-refractivity contribution is 7.91. The summed E-state index contributed by atoms with van der Waals surface area (Å²) >= 11 is 0. The van der Waals surface area contributed by atoms with Crippen molar-refractivity contribution < 1.29 is 17.9 Å². The van der Waals surface area contributed by atoms with Gasteiger partial charge in [0.05, 0.1) is 23.8 Å².